The molecule has 0 fully saturated rings. The topological polar surface area (TPSA) is 12.0 Å². The summed E-state index contributed by atoms with van der Waals surface area (Å²) in [4.78, 5) is 0. The van der Waals surface area contributed by atoms with Gasteiger partial charge in [0.05, 0.1) is 6.54 Å². The largest absolute Gasteiger partial charge is 0.301 e. The van der Waals surface area contributed by atoms with E-state index < -0.39 is 0 Å². The standard InChI is InChI=1S/C10H11N/c1-8-6-9-4-2-3-5-10(9)7-11-8/h2-5,8,11H,6H2,1H3. The lowest BCUT2D eigenvalue weighted by atomic mass is 9.97. The van der Waals surface area contributed by atoms with Gasteiger partial charge < -0.3 is 5.32 Å². The number of rotatable bonds is 0. The molecule has 0 aliphatic carbocycles. The highest BCUT2D eigenvalue weighted by atomic mass is 14.9. The summed E-state index contributed by atoms with van der Waals surface area (Å²) in [5.41, 5.74) is 2.62. The zero-order valence-electron chi connectivity index (χ0n) is 6.59. The molecular formula is C10H11N. The molecule has 1 aromatic carbocycles. The van der Waals surface area contributed by atoms with E-state index in [1.54, 1.807) is 0 Å². The van der Waals surface area contributed by atoms with E-state index >= 15 is 0 Å². The monoisotopic (exact) mass is 145 g/mol. The highest BCUT2D eigenvalue weighted by Crippen LogP contribution is 2.16. The van der Waals surface area contributed by atoms with Gasteiger partial charge in [0.1, 0.15) is 0 Å². The quantitative estimate of drug-likeness (QED) is 0.584. The van der Waals surface area contributed by atoms with E-state index in [1.165, 1.54) is 11.1 Å². The lowest BCUT2D eigenvalue weighted by Gasteiger charge is -2.21. The molecule has 0 saturated carbocycles. The van der Waals surface area contributed by atoms with Gasteiger partial charge in [-0.25, -0.2) is 0 Å². The van der Waals surface area contributed by atoms with Gasteiger partial charge in [-0.2, -0.15) is 0 Å². The van der Waals surface area contributed by atoms with Crippen molar-refractivity contribution in [3.63, 3.8) is 0 Å². The zero-order chi connectivity index (χ0) is 7.68. The summed E-state index contributed by atoms with van der Waals surface area (Å²) in [5.74, 6) is 0. The minimum Gasteiger partial charge on any atom is -0.301 e. The van der Waals surface area contributed by atoms with E-state index in [0.29, 0.717) is 6.04 Å². The van der Waals surface area contributed by atoms with Crippen molar-refractivity contribution < 1.29 is 0 Å². The first-order chi connectivity index (χ1) is 5.36. The Hall–Kier alpha value is -0.820. The Balaban J connectivity index is 2.34. The summed E-state index contributed by atoms with van der Waals surface area (Å²) in [6, 6.07) is 8.92. The maximum absolute atomic E-state index is 3.19. The third-order valence-corrected chi connectivity index (χ3v) is 2.00. The van der Waals surface area contributed by atoms with Gasteiger partial charge in [-0.1, -0.05) is 24.3 Å². The van der Waals surface area contributed by atoms with Gasteiger partial charge in [0, 0.05) is 6.04 Å². The molecular weight excluding hydrogens is 134 g/mol. The van der Waals surface area contributed by atoms with Crippen LogP contribution in [0, 0.1) is 6.54 Å². The minimum absolute atomic E-state index is 0.532. The van der Waals surface area contributed by atoms with Crippen molar-refractivity contribution in [3.8, 4) is 0 Å². The summed E-state index contributed by atoms with van der Waals surface area (Å²) in [7, 11) is 0. The van der Waals surface area contributed by atoms with Crippen molar-refractivity contribution >= 4 is 0 Å². The van der Waals surface area contributed by atoms with Gasteiger partial charge in [-0.15, -0.1) is 0 Å². The van der Waals surface area contributed by atoms with E-state index in [0.717, 1.165) is 6.42 Å². The average molecular weight is 145 g/mol. The summed E-state index contributed by atoms with van der Waals surface area (Å²) < 4.78 is 0. The zero-order valence-corrected chi connectivity index (χ0v) is 6.59. The molecule has 1 unspecified atom stereocenters. The number of hydrogen-bond donors (Lipinski definition) is 1. The molecule has 0 aromatic heterocycles. The molecule has 1 aliphatic heterocycles. The molecule has 0 bridgehead atoms. The summed E-state index contributed by atoms with van der Waals surface area (Å²) >= 11 is 0. The smallest absolute Gasteiger partial charge is 0.0938 e. The second kappa shape index (κ2) is 2.67. The predicted octanol–water partition coefficient (Wildman–Crippen LogP) is 1.61. The van der Waals surface area contributed by atoms with Crippen LogP contribution in [0.15, 0.2) is 24.3 Å². The van der Waals surface area contributed by atoms with Crippen molar-refractivity contribution in [1.82, 2.24) is 5.32 Å². The molecule has 11 heavy (non-hydrogen) atoms. The van der Waals surface area contributed by atoms with Crippen LogP contribution in [0.5, 0.6) is 0 Å². The lowest BCUT2D eigenvalue weighted by Crippen LogP contribution is -2.31. The highest BCUT2D eigenvalue weighted by Gasteiger charge is 2.13. The number of nitrogens with one attached hydrogen (secondary N) is 1. The van der Waals surface area contributed by atoms with Crippen LogP contribution in [0.3, 0.4) is 0 Å². The first-order valence-corrected chi connectivity index (χ1v) is 3.96. The van der Waals surface area contributed by atoms with Crippen molar-refractivity contribution in [1.29, 1.82) is 0 Å². The van der Waals surface area contributed by atoms with Gasteiger partial charge in [0.2, 0.25) is 0 Å². The van der Waals surface area contributed by atoms with Crippen molar-refractivity contribution in [2.45, 2.75) is 19.4 Å². The Morgan fingerprint density at radius 3 is 3.18 bits per heavy atom. The lowest BCUT2D eigenvalue weighted by molar-refractivity contribution is 0.587. The van der Waals surface area contributed by atoms with Crippen LogP contribution in [0.4, 0.5) is 0 Å². The summed E-state index contributed by atoms with van der Waals surface area (Å²) in [6.45, 7) is 5.33. The number of hydrogen-bond acceptors (Lipinski definition) is 1. The molecule has 2 radical (unpaired) electrons. The number of benzene rings is 1. The van der Waals surface area contributed by atoms with E-state index in [4.69, 9.17) is 0 Å². The molecule has 1 atom stereocenters. The molecule has 1 nitrogen and oxygen atoms in total. The Morgan fingerprint density at radius 1 is 1.45 bits per heavy atom. The van der Waals surface area contributed by atoms with Gasteiger partial charge in [0.25, 0.3) is 0 Å². The third-order valence-electron chi connectivity index (χ3n) is 2.00. The molecule has 56 valence electrons. The maximum Gasteiger partial charge on any atom is 0.0938 e. The average Bonchev–Trinajstić information content (AvgIpc) is 2.04. The van der Waals surface area contributed by atoms with Crippen LogP contribution >= 0.6 is 0 Å². The van der Waals surface area contributed by atoms with Crippen molar-refractivity contribution in [3.05, 3.63) is 41.9 Å². The van der Waals surface area contributed by atoms with Crippen LogP contribution in [-0.4, -0.2) is 6.04 Å². The van der Waals surface area contributed by atoms with E-state index in [1.807, 2.05) is 6.07 Å². The van der Waals surface area contributed by atoms with Gasteiger partial charge in [0.15, 0.2) is 0 Å². The molecule has 1 heteroatoms. The van der Waals surface area contributed by atoms with Crippen LogP contribution in [0.2, 0.25) is 0 Å². The molecule has 1 heterocycles. The van der Waals surface area contributed by atoms with E-state index in [-0.39, 0.29) is 0 Å². The molecule has 0 spiro atoms. The highest BCUT2D eigenvalue weighted by molar-refractivity contribution is 5.35. The van der Waals surface area contributed by atoms with Crippen molar-refractivity contribution in [2.24, 2.45) is 0 Å². The number of fused-ring (bicyclic) bond motifs is 1. The molecule has 1 aromatic rings. The molecule has 0 saturated heterocycles. The van der Waals surface area contributed by atoms with Crippen molar-refractivity contribution in [2.75, 3.05) is 0 Å². The first-order valence-electron chi connectivity index (χ1n) is 3.96. The van der Waals surface area contributed by atoms with Crippen LogP contribution < -0.4 is 5.32 Å². The van der Waals surface area contributed by atoms with Gasteiger partial charge >= 0.3 is 0 Å². The third kappa shape index (κ3) is 1.29. The normalized spacial score (nSPS) is 22.8. The summed E-state index contributed by atoms with van der Waals surface area (Å²) in [6.07, 6.45) is 1.11. The Kier molecular flexibility index (Phi) is 1.66. The fraction of sp³-hybridized carbons (Fsp3) is 0.300. The summed E-state index contributed by atoms with van der Waals surface area (Å²) in [5, 5.41) is 3.19. The fourth-order valence-corrected chi connectivity index (χ4v) is 1.40. The molecule has 1 aliphatic rings. The molecule has 2 rings (SSSR count). The minimum atomic E-state index is 0.532. The molecule has 0 amide bonds. The SMILES string of the molecule is CC1Cc2ccccc2[C]N1. The fourth-order valence-electron chi connectivity index (χ4n) is 1.40. The van der Waals surface area contributed by atoms with Crippen LogP contribution in [0.25, 0.3) is 0 Å². The van der Waals surface area contributed by atoms with Gasteiger partial charge in [-0.3, -0.25) is 0 Å². The molecule has 1 N–H and O–H groups in total. The maximum atomic E-state index is 3.19. The Labute approximate surface area is 67.4 Å². The van der Waals surface area contributed by atoms with Crippen LogP contribution in [0.1, 0.15) is 18.1 Å². The van der Waals surface area contributed by atoms with E-state index in [2.05, 4.69) is 37.0 Å². The second-order valence-corrected chi connectivity index (χ2v) is 3.03. The Morgan fingerprint density at radius 2 is 2.27 bits per heavy atom. The first kappa shape index (κ1) is 6.86. The van der Waals surface area contributed by atoms with E-state index in [9.17, 15) is 0 Å². The van der Waals surface area contributed by atoms with Gasteiger partial charge in [-0.05, 0) is 24.5 Å². The Bertz CT molecular complexity index is 255. The predicted molar refractivity (Wildman–Crippen MR) is 45.1 cm³/mol. The van der Waals surface area contributed by atoms with Crippen LogP contribution in [-0.2, 0) is 6.42 Å². The second-order valence-electron chi connectivity index (χ2n) is 3.03.